The van der Waals surface area contributed by atoms with E-state index < -0.39 is 10.0 Å². The van der Waals surface area contributed by atoms with E-state index in [9.17, 15) is 13.2 Å². The molecule has 1 unspecified atom stereocenters. The molecular weight excluding hydrogens is 364 g/mol. The van der Waals surface area contributed by atoms with Gasteiger partial charge in [-0.3, -0.25) is 9.48 Å². The van der Waals surface area contributed by atoms with E-state index in [1.807, 2.05) is 27.0 Å². The van der Waals surface area contributed by atoms with E-state index in [0.29, 0.717) is 0 Å². The molecule has 0 spiro atoms. The van der Waals surface area contributed by atoms with Crippen LogP contribution in [0.5, 0.6) is 0 Å². The van der Waals surface area contributed by atoms with Crippen LogP contribution in [0.15, 0.2) is 23.1 Å². The zero-order valence-electron chi connectivity index (χ0n) is 16.4. The first-order chi connectivity index (χ1) is 12.6. The second-order valence-corrected chi connectivity index (χ2v) is 9.23. The zero-order valence-corrected chi connectivity index (χ0v) is 17.2. The Balaban J connectivity index is 1.90. The summed E-state index contributed by atoms with van der Waals surface area (Å²) in [7, 11) is -0.218. The number of aryl methyl sites for hydroxylation is 3. The third-order valence-corrected chi connectivity index (χ3v) is 7.12. The normalized spacial score (nSPS) is 16.6. The van der Waals surface area contributed by atoms with Gasteiger partial charge in [-0.25, -0.2) is 8.42 Å². The highest BCUT2D eigenvalue weighted by Gasteiger charge is 2.28. The number of nitrogens with zero attached hydrogens (tertiary/aromatic N) is 3. The summed E-state index contributed by atoms with van der Waals surface area (Å²) in [6.07, 6.45) is 1.63. The van der Waals surface area contributed by atoms with Crippen molar-refractivity contribution in [1.82, 2.24) is 19.4 Å². The van der Waals surface area contributed by atoms with Gasteiger partial charge in [-0.05, 0) is 49.9 Å². The first-order valence-corrected chi connectivity index (χ1v) is 10.4. The lowest BCUT2D eigenvalue weighted by Gasteiger charge is -2.19. The summed E-state index contributed by atoms with van der Waals surface area (Å²) in [4.78, 5) is 11.7. The molecule has 1 atom stereocenters. The Labute approximate surface area is 160 Å². The number of amides is 1. The average Bonchev–Trinajstić information content (AvgIpc) is 3.09. The minimum atomic E-state index is -3.65. The van der Waals surface area contributed by atoms with Gasteiger partial charge in [-0.2, -0.15) is 9.40 Å². The number of sulfonamides is 1. The van der Waals surface area contributed by atoms with Crippen molar-refractivity contribution in [3.05, 3.63) is 46.3 Å². The van der Waals surface area contributed by atoms with E-state index in [4.69, 9.17) is 0 Å². The average molecular weight is 391 g/mol. The van der Waals surface area contributed by atoms with Crippen LogP contribution in [0.1, 0.15) is 47.5 Å². The SMILES string of the molecule is CC(=O)NC1CCc2ccc(S(=O)(=O)N(C)Cc3c(C)nn(C)c3C)cc21. The van der Waals surface area contributed by atoms with Crippen molar-refractivity contribution >= 4 is 15.9 Å². The Hall–Kier alpha value is -2.19. The number of carbonyl (C=O) groups is 1. The fourth-order valence-electron chi connectivity index (χ4n) is 3.67. The van der Waals surface area contributed by atoms with E-state index in [1.54, 1.807) is 23.9 Å². The molecule has 1 N–H and O–H groups in total. The molecule has 0 radical (unpaired) electrons. The first kappa shape index (κ1) is 19.6. The van der Waals surface area contributed by atoms with Gasteiger partial charge in [-0.1, -0.05) is 6.07 Å². The summed E-state index contributed by atoms with van der Waals surface area (Å²) in [5.74, 6) is -0.110. The molecular formula is C19H26N4O3S. The van der Waals surface area contributed by atoms with Gasteiger partial charge in [0.1, 0.15) is 0 Å². The van der Waals surface area contributed by atoms with Crippen molar-refractivity contribution in [3.63, 3.8) is 0 Å². The van der Waals surface area contributed by atoms with Gasteiger partial charge in [0.15, 0.2) is 0 Å². The molecule has 0 saturated heterocycles. The van der Waals surface area contributed by atoms with Crippen LogP contribution in [0.3, 0.4) is 0 Å². The topological polar surface area (TPSA) is 84.3 Å². The predicted molar refractivity (Wildman–Crippen MR) is 103 cm³/mol. The number of carbonyl (C=O) groups excluding carboxylic acids is 1. The summed E-state index contributed by atoms with van der Waals surface area (Å²) in [6.45, 7) is 5.56. The summed E-state index contributed by atoms with van der Waals surface area (Å²) in [5.41, 5.74) is 4.69. The number of benzene rings is 1. The molecule has 2 aromatic rings. The molecule has 27 heavy (non-hydrogen) atoms. The van der Waals surface area contributed by atoms with E-state index in [1.165, 1.54) is 11.2 Å². The van der Waals surface area contributed by atoms with Gasteiger partial charge in [0.05, 0.1) is 16.6 Å². The van der Waals surface area contributed by atoms with Gasteiger partial charge in [0.2, 0.25) is 15.9 Å². The summed E-state index contributed by atoms with van der Waals surface area (Å²) < 4.78 is 29.3. The van der Waals surface area contributed by atoms with Crippen molar-refractivity contribution in [2.45, 2.75) is 51.1 Å². The van der Waals surface area contributed by atoms with Crippen molar-refractivity contribution in [2.24, 2.45) is 7.05 Å². The van der Waals surface area contributed by atoms with E-state index >= 15 is 0 Å². The van der Waals surface area contributed by atoms with Crippen LogP contribution in [-0.2, 0) is 34.8 Å². The van der Waals surface area contributed by atoms with Crippen molar-refractivity contribution < 1.29 is 13.2 Å². The van der Waals surface area contributed by atoms with Crippen LogP contribution < -0.4 is 5.32 Å². The van der Waals surface area contributed by atoms with Crippen molar-refractivity contribution in [1.29, 1.82) is 0 Å². The number of fused-ring (bicyclic) bond motifs is 1. The highest BCUT2D eigenvalue weighted by molar-refractivity contribution is 7.89. The van der Waals surface area contributed by atoms with Gasteiger partial charge < -0.3 is 5.32 Å². The highest BCUT2D eigenvalue weighted by atomic mass is 32.2. The molecule has 1 amide bonds. The maximum Gasteiger partial charge on any atom is 0.243 e. The van der Waals surface area contributed by atoms with E-state index in [0.717, 1.165) is 40.9 Å². The number of hydrogen-bond acceptors (Lipinski definition) is 4. The van der Waals surface area contributed by atoms with Crippen LogP contribution in [0.2, 0.25) is 0 Å². The molecule has 0 aliphatic heterocycles. The van der Waals surface area contributed by atoms with Crippen LogP contribution in [0, 0.1) is 13.8 Å². The molecule has 1 aliphatic rings. The monoisotopic (exact) mass is 390 g/mol. The zero-order chi connectivity index (χ0) is 19.9. The van der Waals surface area contributed by atoms with Crippen LogP contribution in [-0.4, -0.2) is 35.5 Å². The fraction of sp³-hybridized carbons (Fsp3) is 0.474. The quantitative estimate of drug-likeness (QED) is 0.846. The Morgan fingerprint density at radius 3 is 2.67 bits per heavy atom. The van der Waals surface area contributed by atoms with E-state index in [2.05, 4.69) is 10.4 Å². The Bertz CT molecular complexity index is 995. The Morgan fingerprint density at radius 2 is 2.07 bits per heavy atom. The van der Waals surface area contributed by atoms with E-state index in [-0.39, 0.29) is 23.4 Å². The summed E-state index contributed by atoms with van der Waals surface area (Å²) in [5, 5.41) is 7.26. The molecule has 8 heteroatoms. The molecule has 3 rings (SSSR count). The molecule has 1 aromatic heterocycles. The van der Waals surface area contributed by atoms with Gasteiger partial charge in [0, 0.05) is 38.8 Å². The second kappa shape index (κ2) is 7.09. The molecule has 1 aliphatic carbocycles. The maximum atomic E-state index is 13.1. The fourth-order valence-corrected chi connectivity index (χ4v) is 4.84. The lowest BCUT2D eigenvalue weighted by Crippen LogP contribution is -2.28. The second-order valence-electron chi connectivity index (χ2n) is 7.19. The van der Waals surface area contributed by atoms with Crippen LogP contribution in [0.25, 0.3) is 0 Å². The number of rotatable bonds is 5. The molecule has 7 nitrogen and oxygen atoms in total. The first-order valence-electron chi connectivity index (χ1n) is 8.96. The molecule has 0 saturated carbocycles. The number of nitrogens with one attached hydrogen (secondary N) is 1. The molecule has 1 aromatic carbocycles. The maximum absolute atomic E-state index is 13.1. The minimum absolute atomic E-state index is 0.110. The third-order valence-electron chi connectivity index (χ3n) is 5.32. The molecule has 1 heterocycles. The standard InChI is InChI=1S/C19H26N4O3S/c1-12-18(13(2)23(5)21-12)11-22(4)27(25,26)16-8-6-15-7-9-19(17(15)10-16)20-14(3)24/h6,8,10,19H,7,9,11H2,1-5H3,(H,20,24). The number of hydrogen-bond donors (Lipinski definition) is 1. The smallest absolute Gasteiger partial charge is 0.243 e. The number of aromatic nitrogens is 2. The van der Waals surface area contributed by atoms with Crippen LogP contribution >= 0.6 is 0 Å². The lowest BCUT2D eigenvalue weighted by molar-refractivity contribution is -0.119. The third kappa shape index (κ3) is 3.64. The van der Waals surface area contributed by atoms with Gasteiger partial charge >= 0.3 is 0 Å². The van der Waals surface area contributed by atoms with Crippen LogP contribution in [0.4, 0.5) is 0 Å². The summed E-state index contributed by atoms with van der Waals surface area (Å²) >= 11 is 0. The minimum Gasteiger partial charge on any atom is -0.350 e. The highest BCUT2D eigenvalue weighted by Crippen LogP contribution is 2.33. The largest absolute Gasteiger partial charge is 0.350 e. The lowest BCUT2D eigenvalue weighted by atomic mass is 10.1. The molecule has 0 bridgehead atoms. The van der Waals surface area contributed by atoms with Gasteiger partial charge in [0.25, 0.3) is 0 Å². The Morgan fingerprint density at radius 1 is 1.37 bits per heavy atom. The molecule has 146 valence electrons. The Kier molecular flexibility index (Phi) is 5.14. The molecule has 0 fully saturated rings. The van der Waals surface area contributed by atoms with Gasteiger partial charge in [-0.15, -0.1) is 0 Å². The predicted octanol–water partition coefficient (Wildman–Crippen LogP) is 1.98. The van der Waals surface area contributed by atoms with Crippen molar-refractivity contribution in [3.8, 4) is 0 Å². The van der Waals surface area contributed by atoms with Crippen molar-refractivity contribution in [2.75, 3.05) is 7.05 Å². The summed E-state index contributed by atoms with van der Waals surface area (Å²) in [6, 6.07) is 5.10.